The second kappa shape index (κ2) is 7.99. The number of benzene rings is 1. The van der Waals surface area contributed by atoms with Crippen LogP contribution in [0.15, 0.2) is 47.0 Å². The van der Waals surface area contributed by atoms with Crippen molar-refractivity contribution < 1.29 is 12.9 Å². The van der Waals surface area contributed by atoms with Crippen LogP contribution in [0, 0.1) is 13.8 Å². The quantitative estimate of drug-likeness (QED) is 0.452. The largest absolute Gasteiger partial charge is 0.356 e. The number of para-hydroxylation sites is 1. The van der Waals surface area contributed by atoms with Crippen LogP contribution >= 0.6 is 0 Å². The van der Waals surface area contributed by atoms with E-state index in [1.165, 1.54) is 4.31 Å². The molecule has 0 aliphatic carbocycles. The molecule has 4 aromatic rings. The molecular weight excluding hydrogens is 430 g/mol. The van der Waals surface area contributed by atoms with Gasteiger partial charge in [-0.2, -0.15) is 9.40 Å². The number of aryl methyl sites for hydroxylation is 2. The molecule has 0 bridgehead atoms. The molecule has 1 aliphatic rings. The highest BCUT2D eigenvalue weighted by Crippen LogP contribution is 2.22. The number of rotatable bonds is 5. The van der Waals surface area contributed by atoms with Crippen LogP contribution in [-0.4, -0.2) is 64.0 Å². The van der Waals surface area contributed by atoms with Gasteiger partial charge in [-0.3, -0.25) is 0 Å². The lowest BCUT2D eigenvalue weighted by Gasteiger charge is -2.34. The lowest BCUT2D eigenvalue weighted by molar-refractivity contribution is 0.381. The van der Waals surface area contributed by atoms with E-state index in [-0.39, 0.29) is 5.75 Å². The maximum absolute atomic E-state index is 13.0. The van der Waals surface area contributed by atoms with E-state index in [9.17, 15) is 8.42 Å². The first-order valence-electron chi connectivity index (χ1n) is 10.3. The fraction of sp³-hybridized carbons (Fsp3) is 0.333. The second-order valence-electron chi connectivity index (χ2n) is 7.86. The van der Waals surface area contributed by atoms with Crippen LogP contribution in [0.1, 0.15) is 17.1 Å². The molecule has 0 saturated carbocycles. The monoisotopic (exact) mass is 453 g/mol. The SMILES string of the molecule is Cc1cc(C)n(-c2ccc(N3CCN(S(=O)(=O)Cc4noc5ccccc45)CC3)nn2)n1. The van der Waals surface area contributed by atoms with Gasteiger partial charge in [0.15, 0.2) is 17.2 Å². The minimum Gasteiger partial charge on any atom is -0.356 e. The number of hydrogen-bond donors (Lipinski definition) is 0. The van der Waals surface area contributed by atoms with Crippen LogP contribution in [-0.2, 0) is 15.8 Å². The van der Waals surface area contributed by atoms with Gasteiger partial charge in [-0.05, 0) is 44.2 Å². The number of piperazine rings is 1. The molecule has 32 heavy (non-hydrogen) atoms. The van der Waals surface area contributed by atoms with Gasteiger partial charge in [-0.15, -0.1) is 10.2 Å². The lowest BCUT2D eigenvalue weighted by atomic mass is 10.2. The Hall–Kier alpha value is -3.31. The van der Waals surface area contributed by atoms with Gasteiger partial charge in [-0.25, -0.2) is 13.1 Å². The Labute approximate surface area is 185 Å². The summed E-state index contributed by atoms with van der Waals surface area (Å²) in [4.78, 5) is 2.04. The Morgan fingerprint density at radius 1 is 0.969 bits per heavy atom. The van der Waals surface area contributed by atoms with Crippen molar-refractivity contribution in [1.29, 1.82) is 0 Å². The topological polar surface area (TPSA) is 110 Å². The fourth-order valence-electron chi connectivity index (χ4n) is 3.96. The number of hydrogen-bond acceptors (Lipinski definition) is 8. The Morgan fingerprint density at radius 3 is 2.38 bits per heavy atom. The van der Waals surface area contributed by atoms with Gasteiger partial charge in [0.1, 0.15) is 11.4 Å². The van der Waals surface area contributed by atoms with E-state index in [1.807, 2.05) is 55.1 Å². The lowest BCUT2D eigenvalue weighted by Crippen LogP contribution is -2.49. The minimum atomic E-state index is -3.51. The normalized spacial score (nSPS) is 15.5. The summed E-state index contributed by atoms with van der Waals surface area (Å²) in [5.74, 6) is 1.19. The van der Waals surface area contributed by atoms with Gasteiger partial charge in [0.2, 0.25) is 10.0 Å². The second-order valence-corrected chi connectivity index (χ2v) is 9.83. The van der Waals surface area contributed by atoms with Crippen molar-refractivity contribution >= 4 is 26.8 Å². The van der Waals surface area contributed by atoms with Gasteiger partial charge in [0, 0.05) is 37.3 Å². The minimum absolute atomic E-state index is 0.179. The highest BCUT2D eigenvalue weighted by atomic mass is 32.2. The molecule has 0 spiro atoms. The van der Waals surface area contributed by atoms with Gasteiger partial charge < -0.3 is 9.42 Å². The molecule has 10 nitrogen and oxygen atoms in total. The number of nitrogens with zero attached hydrogens (tertiary/aromatic N) is 7. The Bertz CT molecular complexity index is 1350. The summed E-state index contributed by atoms with van der Waals surface area (Å²) in [6.07, 6.45) is 0. The molecule has 1 fully saturated rings. The van der Waals surface area contributed by atoms with E-state index >= 15 is 0 Å². The zero-order valence-corrected chi connectivity index (χ0v) is 18.7. The molecule has 0 unspecified atom stereocenters. The maximum Gasteiger partial charge on any atom is 0.220 e. The van der Waals surface area contributed by atoms with Crippen LogP contribution in [0.25, 0.3) is 16.8 Å². The molecule has 0 N–H and O–H groups in total. The van der Waals surface area contributed by atoms with E-state index in [2.05, 4.69) is 20.5 Å². The fourth-order valence-corrected chi connectivity index (χ4v) is 5.42. The molecule has 1 aliphatic heterocycles. The first kappa shape index (κ1) is 20.6. The summed E-state index contributed by atoms with van der Waals surface area (Å²) in [5.41, 5.74) is 2.94. The smallest absolute Gasteiger partial charge is 0.220 e. The van der Waals surface area contributed by atoms with E-state index in [4.69, 9.17) is 4.52 Å². The van der Waals surface area contributed by atoms with Crippen molar-refractivity contribution in [2.45, 2.75) is 19.6 Å². The predicted molar refractivity (Wildman–Crippen MR) is 119 cm³/mol. The van der Waals surface area contributed by atoms with Crippen LogP contribution in [0.2, 0.25) is 0 Å². The average molecular weight is 454 g/mol. The molecule has 0 atom stereocenters. The van der Waals surface area contributed by atoms with Crippen molar-refractivity contribution in [3.05, 3.63) is 59.5 Å². The molecule has 3 aromatic heterocycles. The highest BCUT2D eigenvalue weighted by molar-refractivity contribution is 7.88. The van der Waals surface area contributed by atoms with Crippen molar-refractivity contribution in [3.8, 4) is 5.82 Å². The van der Waals surface area contributed by atoms with Crippen molar-refractivity contribution in [2.24, 2.45) is 0 Å². The molecule has 5 rings (SSSR count). The van der Waals surface area contributed by atoms with Crippen molar-refractivity contribution in [3.63, 3.8) is 0 Å². The van der Waals surface area contributed by atoms with E-state index in [0.717, 1.165) is 22.6 Å². The van der Waals surface area contributed by atoms with Gasteiger partial charge in [-0.1, -0.05) is 17.3 Å². The van der Waals surface area contributed by atoms with Crippen LogP contribution < -0.4 is 4.90 Å². The first-order valence-corrected chi connectivity index (χ1v) is 11.9. The molecule has 0 radical (unpaired) electrons. The summed E-state index contributed by atoms with van der Waals surface area (Å²) in [7, 11) is -3.51. The van der Waals surface area contributed by atoms with E-state index in [0.29, 0.717) is 43.3 Å². The Morgan fingerprint density at radius 2 is 1.69 bits per heavy atom. The number of aromatic nitrogens is 5. The van der Waals surface area contributed by atoms with Crippen molar-refractivity contribution in [1.82, 2.24) is 29.4 Å². The molecule has 0 amide bonds. The van der Waals surface area contributed by atoms with Crippen LogP contribution in [0.5, 0.6) is 0 Å². The van der Waals surface area contributed by atoms with Crippen LogP contribution in [0.3, 0.4) is 0 Å². The van der Waals surface area contributed by atoms with Gasteiger partial charge in [0.05, 0.1) is 5.69 Å². The number of sulfonamides is 1. The summed E-state index contributed by atoms with van der Waals surface area (Å²) in [6, 6.07) is 13.0. The molecule has 4 heterocycles. The first-order chi connectivity index (χ1) is 15.4. The standard InChI is InChI=1S/C21H23N7O3S/c1-15-13-16(2)28(24-15)21-8-7-20(22-23-21)26-9-11-27(12-10-26)32(29,30)14-18-17-5-3-4-6-19(17)31-25-18/h3-8,13H,9-12,14H2,1-2H3. The highest BCUT2D eigenvalue weighted by Gasteiger charge is 2.29. The summed E-state index contributed by atoms with van der Waals surface area (Å²) < 4.78 is 34.4. The molecular formula is C21H23N7O3S. The third-order valence-electron chi connectivity index (χ3n) is 5.59. The summed E-state index contributed by atoms with van der Waals surface area (Å²) in [5, 5.41) is 17.8. The number of anilines is 1. The van der Waals surface area contributed by atoms with Gasteiger partial charge in [0.25, 0.3) is 0 Å². The predicted octanol–water partition coefficient (Wildman–Crippen LogP) is 2.07. The molecule has 1 saturated heterocycles. The Balaban J connectivity index is 1.25. The van der Waals surface area contributed by atoms with Crippen LogP contribution in [0.4, 0.5) is 5.82 Å². The van der Waals surface area contributed by atoms with Gasteiger partial charge >= 0.3 is 0 Å². The van der Waals surface area contributed by atoms with E-state index in [1.54, 1.807) is 10.7 Å². The average Bonchev–Trinajstić information content (AvgIpc) is 3.36. The molecule has 11 heteroatoms. The molecule has 166 valence electrons. The third kappa shape index (κ3) is 3.84. The zero-order valence-electron chi connectivity index (χ0n) is 17.8. The Kier molecular flexibility index (Phi) is 5.14. The zero-order chi connectivity index (χ0) is 22.3. The van der Waals surface area contributed by atoms with Crippen molar-refractivity contribution in [2.75, 3.05) is 31.1 Å². The number of fused-ring (bicyclic) bond motifs is 1. The van der Waals surface area contributed by atoms with E-state index < -0.39 is 10.0 Å². The molecule has 1 aromatic carbocycles. The summed E-state index contributed by atoms with van der Waals surface area (Å²) in [6.45, 7) is 5.72. The summed E-state index contributed by atoms with van der Waals surface area (Å²) >= 11 is 0. The maximum atomic E-state index is 13.0. The third-order valence-corrected chi connectivity index (χ3v) is 7.38.